The van der Waals surface area contributed by atoms with Gasteiger partial charge in [-0.1, -0.05) is 60.7 Å². The molecular formula is C28H24N2O3P+. The van der Waals surface area contributed by atoms with E-state index in [9.17, 15) is 14.9 Å². The number of carbonyl (C=O) groups excluding carboxylic acids is 1. The second kappa shape index (κ2) is 9.20. The van der Waals surface area contributed by atoms with E-state index in [1.165, 1.54) is 12.1 Å². The Morgan fingerprint density at radius 1 is 0.735 bits per heavy atom. The van der Waals surface area contributed by atoms with E-state index in [-0.39, 0.29) is 17.3 Å². The minimum atomic E-state index is -2.37. The van der Waals surface area contributed by atoms with Gasteiger partial charge in [-0.3, -0.25) is 14.9 Å². The number of rotatable bonds is 6. The first-order valence-electron chi connectivity index (χ1n) is 11.2. The van der Waals surface area contributed by atoms with Crippen LogP contribution in [0, 0.1) is 10.1 Å². The van der Waals surface area contributed by atoms with Gasteiger partial charge in [0.15, 0.2) is 5.66 Å². The number of nitrogens with zero attached hydrogens (tertiary/aromatic N) is 2. The van der Waals surface area contributed by atoms with Gasteiger partial charge in [-0.15, -0.1) is 0 Å². The molecule has 4 aromatic rings. The van der Waals surface area contributed by atoms with Crippen LogP contribution < -0.4 is 20.8 Å². The van der Waals surface area contributed by atoms with Crippen LogP contribution in [0.3, 0.4) is 0 Å². The summed E-state index contributed by atoms with van der Waals surface area (Å²) in [6.45, 7) is 0.527. The summed E-state index contributed by atoms with van der Waals surface area (Å²) in [6.07, 6.45) is 0.675. The Morgan fingerprint density at radius 2 is 1.24 bits per heavy atom. The molecule has 0 saturated carbocycles. The lowest BCUT2D eigenvalue weighted by atomic mass is 10.2. The number of non-ortho nitro benzene ring substituents is 1. The average molecular weight is 467 g/mol. The lowest BCUT2D eigenvalue weighted by Gasteiger charge is -2.32. The first kappa shape index (κ1) is 22.0. The predicted molar refractivity (Wildman–Crippen MR) is 139 cm³/mol. The number of anilines is 1. The molecule has 1 fully saturated rings. The molecular weight excluding hydrogens is 443 g/mol. The molecule has 1 heterocycles. The standard InChI is InChI=1S/C28H24N2O3P/c31-28-27(19-20-29(28)22-11-10-12-23(21-22)30(32)33)34(24-13-4-1-5-14-24,25-15-6-2-7-16-25)26-17-8-3-9-18-26/h1-18,21,27H,19-20H2/q+1. The second-order valence-electron chi connectivity index (χ2n) is 8.30. The van der Waals surface area contributed by atoms with E-state index in [0.29, 0.717) is 18.7 Å². The molecule has 1 aliphatic heterocycles. The minimum absolute atomic E-state index is 0.0102. The van der Waals surface area contributed by atoms with Gasteiger partial charge in [-0.25, -0.2) is 0 Å². The zero-order chi connectivity index (χ0) is 23.5. The molecule has 0 radical (unpaired) electrons. The molecule has 1 atom stereocenters. The van der Waals surface area contributed by atoms with Crippen molar-refractivity contribution in [2.75, 3.05) is 11.4 Å². The lowest BCUT2D eigenvalue weighted by Crippen LogP contribution is -2.42. The van der Waals surface area contributed by atoms with Crippen molar-refractivity contribution in [3.63, 3.8) is 0 Å². The van der Waals surface area contributed by atoms with Gasteiger partial charge >= 0.3 is 0 Å². The highest BCUT2D eigenvalue weighted by Crippen LogP contribution is 2.62. The molecule has 168 valence electrons. The molecule has 1 amide bonds. The zero-order valence-corrected chi connectivity index (χ0v) is 19.4. The van der Waals surface area contributed by atoms with Gasteiger partial charge in [0.25, 0.3) is 11.6 Å². The number of hydrogen-bond donors (Lipinski definition) is 0. The van der Waals surface area contributed by atoms with Crippen LogP contribution in [0.4, 0.5) is 11.4 Å². The molecule has 0 aromatic heterocycles. The highest BCUT2D eigenvalue weighted by molar-refractivity contribution is 7.97. The van der Waals surface area contributed by atoms with Gasteiger partial charge in [0.2, 0.25) is 0 Å². The van der Waals surface area contributed by atoms with E-state index in [4.69, 9.17) is 0 Å². The fraction of sp³-hybridized carbons (Fsp3) is 0.107. The first-order chi connectivity index (χ1) is 16.6. The third-order valence-electron chi connectivity index (χ3n) is 6.49. The van der Waals surface area contributed by atoms with Crippen molar-refractivity contribution in [1.29, 1.82) is 0 Å². The highest BCUT2D eigenvalue weighted by atomic mass is 31.2. The average Bonchev–Trinajstić information content (AvgIpc) is 3.28. The summed E-state index contributed by atoms with van der Waals surface area (Å²) in [6, 6.07) is 37.4. The summed E-state index contributed by atoms with van der Waals surface area (Å²) in [5.74, 6) is 0.0189. The third-order valence-corrected chi connectivity index (χ3v) is 11.2. The minimum Gasteiger partial charge on any atom is -0.309 e. The van der Waals surface area contributed by atoms with Crippen LogP contribution in [-0.4, -0.2) is 23.0 Å². The Hall–Kier alpha value is -3.82. The summed E-state index contributed by atoms with van der Waals surface area (Å²) in [7, 11) is -2.37. The van der Waals surface area contributed by atoms with E-state index >= 15 is 0 Å². The molecule has 34 heavy (non-hydrogen) atoms. The highest BCUT2D eigenvalue weighted by Gasteiger charge is 2.58. The number of amides is 1. The van der Waals surface area contributed by atoms with Gasteiger partial charge in [0, 0.05) is 25.1 Å². The van der Waals surface area contributed by atoms with E-state index < -0.39 is 12.2 Å². The number of nitro groups is 1. The van der Waals surface area contributed by atoms with Crippen molar-refractivity contribution in [3.8, 4) is 0 Å². The van der Waals surface area contributed by atoms with Crippen molar-refractivity contribution in [2.45, 2.75) is 12.1 Å². The summed E-state index contributed by atoms with van der Waals surface area (Å²) in [4.78, 5) is 26.8. The summed E-state index contributed by atoms with van der Waals surface area (Å²) >= 11 is 0. The van der Waals surface area contributed by atoms with Gasteiger partial charge in [-0.2, -0.15) is 0 Å². The Morgan fingerprint density at radius 3 is 1.71 bits per heavy atom. The van der Waals surface area contributed by atoms with E-state index in [1.54, 1.807) is 17.0 Å². The monoisotopic (exact) mass is 467 g/mol. The van der Waals surface area contributed by atoms with Crippen molar-refractivity contribution in [2.24, 2.45) is 0 Å². The van der Waals surface area contributed by atoms with Crippen LogP contribution >= 0.6 is 7.26 Å². The Kier molecular flexibility index (Phi) is 5.95. The van der Waals surface area contributed by atoms with Crippen LogP contribution in [0.25, 0.3) is 0 Å². The molecule has 0 aliphatic carbocycles. The van der Waals surface area contributed by atoms with Gasteiger partial charge in [-0.05, 0) is 42.5 Å². The number of nitro benzene ring substituents is 1. The molecule has 0 bridgehead atoms. The van der Waals surface area contributed by atoms with Gasteiger partial charge in [0.05, 0.1) is 10.6 Å². The van der Waals surface area contributed by atoms with Crippen LogP contribution in [0.15, 0.2) is 115 Å². The molecule has 4 aromatic carbocycles. The topological polar surface area (TPSA) is 63.5 Å². The molecule has 0 spiro atoms. The number of carbonyl (C=O) groups is 1. The SMILES string of the molecule is O=C1C([P+](c2ccccc2)(c2ccccc2)c2ccccc2)CCN1c1cccc([N+](=O)[O-])c1. The zero-order valence-electron chi connectivity index (χ0n) is 18.5. The van der Waals surface area contributed by atoms with Crippen molar-refractivity contribution >= 4 is 40.5 Å². The van der Waals surface area contributed by atoms with E-state index in [0.717, 1.165) is 15.9 Å². The summed E-state index contributed by atoms with van der Waals surface area (Å²) in [5.41, 5.74) is 0.303. The fourth-order valence-electron chi connectivity index (χ4n) is 5.03. The summed E-state index contributed by atoms with van der Waals surface area (Å²) < 4.78 is 0. The lowest BCUT2D eigenvalue weighted by molar-refractivity contribution is -0.384. The van der Waals surface area contributed by atoms with Crippen LogP contribution in [0.1, 0.15) is 6.42 Å². The first-order valence-corrected chi connectivity index (χ1v) is 13.1. The van der Waals surface area contributed by atoms with Crippen LogP contribution in [-0.2, 0) is 4.79 Å². The third kappa shape index (κ3) is 3.68. The second-order valence-corrected chi connectivity index (χ2v) is 11.9. The predicted octanol–water partition coefficient (Wildman–Crippen LogP) is 4.69. The maximum absolute atomic E-state index is 14.1. The fourth-order valence-corrected chi connectivity index (χ4v) is 9.91. The van der Waals surface area contributed by atoms with Crippen molar-refractivity contribution < 1.29 is 9.72 Å². The molecule has 1 unspecified atom stereocenters. The van der Waals surface area contributed by atoms with Gasteiger partial charge in [0.1, 0.15) is 23.2 Å². The molecule has 1 saturated heterocycles. The number of benzene rings is 4. The Balaban J connectivity index is 1.70. The maximum Gasteiger partial charge on any atom is 0.271 e. The Labute approximate surface area is 199 Å². The molecule has 1 aliphatic rings. The van der Waals surface area contributed by atoms with Crippen LogP contribution in [0.5, 0.6) is 0 Å². The van der Waals surface area contributed by atoms with Crippen molar-refractivity contribution in [1.82, 2.24) is 0 Å². The molecule has 6 heteroatoms. The summed E-state index contributed by atoms with van der Waals surface area (Å²) in [5, 5.41) is 14.8. The largest absolute Gasteiger partial charge is 0.309 e. The van der Waals surface area contributed by atoms with Crippen LogP contribution in [0.2, 0.25) is 0 Å². The van der Waals surface area contributed by atoms with E-state index in [1.807, 2.05) is 54.6 Å². The Bertz CT molecular complexity index is 1220. The molecule has 0 N–H and O–H groups in total. The maximum atomic E-state index is 14.1. The molecule has 5 nitrogen and oxygen atoms in total. The quantitative estimate of drug-likeness (QED) is 0.235. The van der Waals surface area contributed by atoms with Gasteiger partial charge < -0.3 is 4.90 Å². The smallest absolute Gasteiger partial charge is 0.271 e. The van der Waals surface area contributed by atoms with Crippen molar-refractivity contribution in [3.05, 3.63) is 125 Å². The normalized spacial score (nSPS) is 15.9. The van der Waals surface area contributed by atoms with E-state index in [2.05, 4.69) is 36.4 Å². The molecule has 5 rings (SSSR count). The number of hydrogen-bond acceptors (Lipinski definition) is 3.